The molecule has 0 radical (unpaired) electrons. The molecule has 80 valence electrons. The fraction of sp³-hybridized carbons (Fsp3) is 0.700. The van der Waals surface area contributed by atoms with Crippen LogP contribution in [-0.4, -0.2) is 22.3 Å². The predicted molar refractivity (Wildman–Crippen MR) is 55.9 cm³/mol. The minimum absolute atomic E-state index is 0.0246. The molecule has 1 aromatic rings. The van der Waals surface area contributed by atoms with E-state index in [0.717, 1.165) is 12.2 Å². The highest BCUT2D eigenvalue weighted by molar-refractivity contribution is 5.02. The first-order valence-electron chi connectivity index (χ1n) is 4.98. The van der Waals surface area contributed by atoms with Crippen LogP contribution in [0.3, 0.4) is 0 Å². The maximum Gasteiger partial charge on any atom is 0.0949 e. The lowest BCUT2D eigenvalue weighted by Crippen LogP contribution is -2.15. The molecule has 0 fully saturated rings. The molecule has 0 saturated heterocycles. The molecule has 2 N–H and O–H groups in total. The third-order valence-corrected chi connectivity index (χ3v) is 1.99. The highest BCUT2D eigenvalue weighted by atomic mass is 16.5. The molecule has 4 nitrogen and oxygen atoms in total. The van der Waals surface area contributed by atoms with Crippen LogP contribution in [0.2, 0.25) is 0 Å². The molecular weight excluding hydrogens is 178 g/mol. The Balaban J connectivity index is 2.46. The Bertz CT molecular complexity index is 268. The van der Waals surface area contributed by atoms with Gasteiger partial charge >= 0.3 is 0 Å². The number of nitrogens with zero attached hydrogens (tertiary/aromatic N) is 2. The second-order valence-electron chi connectivity index (χ2n) is 3.72. The molecule has 1 unspecified atom stereocenters. The molecule has 0 aromatic carbocycles. The van der Waals surface area contributed by atoms with Gasteiger partial charge in [0, 0.05) is 18.8 Å². The van der Waals surface area contributed by atoms with Crippen molar-refractivity contribution in [2.75, 3.05) is 6.61 Å². The van der Waals surface area contributed by atoms with E-state index in [4.69, 9.17) is 10.5 Å². The second kappa shape index (κ2) is 5.12. The summed E-state index contributed by atoms with van der Waals surface area (Å²) in [4.78, 5) is 4.07. The standard InChI is InChI=1S/C10H19N3O/c1-8(2)14-5-4-13-7-12-6-10(13)9(3)11/h6-9H,4-5,11H2,1-3H3. The van der Waals surface area contributed by atoms with Gasteiger partial charge in [-0.3, -0.25) is 0 Å². The first-order valence-corrected chi connectivity index (χ1v) is 4.98. The van der Waals surface area contributed by atoms with Crippen molar-refractivity contribution in [3.05, 3.63) is 18.2 Å². The zero-order valence-corrected chi connectivity index (χ0v) is 9.10. The number of rotatable bonds is 5. The lowest BCUT2D eigenvalue weighted by Gasteiger charge is -2.12. The smallest absolute Gasteiger partial charge is 0.0949 e. The van der Waals surface area contributed by atoms with E-state index in [1.807, 2.05) is 25.3 Å². The number of ether oxygens (including phenoxy) is 1. The minimum Gasteiger partial charge on any atom is -0.377 e. The maximum absolute atomic E-state index is 5.79. The summed E-state index contributed by atoms with van der Waals surface area (Å²) in [7, 11) is 0. The fourth-order valence-corrected chi connectivity index (χ4v) is 1.28. The Morgan fingerprint density at radius 3 is 2.79 bits per heavy atom. The van der Waals surface area contributed by atoms with E-state index >= 15 is 0 Å². The molecule has 4 heteroatoms. The Morgan fingerprint density at radius 2 is 2.21 bits per heavy atom. The normalized spacial score (nSPS) is 13.5. The quantitative estimate of drug-likeness (QED) is 0.774. The van der Waals surface area contributed by atoms with Gasteiger partial charge in [0.1, 0.15) is 0 Å². The van der Waals surface area contributed by atoms with Gasteiger partial charge in [-0.05, 0) is 20.8 Å². The Kier molecular flexibility index (Phi) is 4.10. The van der Waals surface area contributed by atoms with Crippen LogP contribution >= 0.6 is 0 Å². The van der Waals surface area contributed by atoms with Gasteiger partial charge in [-0.15, -0.1) is 0 Å². The van der Waals surface area contributed by atoms with Crippen LogP contribution in [0.15, 0.2) is 12.5 Å². The first kappa shape index (κ1) is 11.2. The summed E-state index contributed by atoms with van der Waals surface area (Å²) < 4.78 is 7.50. The van der Waals surface area contributed by atoms with Gasteiger partial charge in [-0.1, -0.05) is 0 Å². The van der Waals surface area contributed by atoms with E-state index < -0.39 is 0 Å². The van der Waals surface area contributed by atoms with Crippen molar-refractivity contribution in [1.29, 1.82) is 0 Å². The average Bonchev–Trinajstić information content (AvgIpc) is 2.51. The van der Waals surface area contributed by atoms with Crippen molar-refractivity contribution < 1.29 is 4.74 Å². The van der Waals surface area contributed by atoms with Gasteiger partial charge in [0.25, 0.3) is 0 Å². The van der Waals surface area contributed by atoms with Crippen molar-refractivity contribution in [2.45, 2.75) is 39.5 Å². The van der Waals surface area contributed by atoms with Crippen LogP contribution < -0.4 is 5.73 Å². The van der Waals surface area contributed by atoms with Crippen molar-refractivity contribution in [2.24, 2.45) is 5.73 Å². The van der Waals surface area contributed by atoms with Crippen molar-refractivity contribution in [3.8, 4) is 0 Å². The topological polar surface area (TPSA) is 53.1 Å². The Labute approximate surface area is 85.1 Å². The van der Waals surface area contributed by atoms with Crippen LogP contribution in [-0.2, 0) is 11.3 Å². The number of hydrogen-bond acceptors (Lipinski definition) is 3. The lowest BCUT2D eigenvalue weighted by atomic mass is 10.3. The molecule has 1 aromatic heterocycles. The predicted octanol–water partition coefficient (Wildman–Crippen LogP) is 1.33. The zero-order valence-electron chi connectivity index (χ0n) is 9.10. The van der Waals surface area contributed by atoms with Crippen molar-refractivity contribution in [1.82, 2.24) is 9.55 Å². The van der Waals surface area contributed by atoms with E-state index in [1.54, 1.807) is 12.5 Å². The molecule has 0 amide bonds. The fourth-order valence-electron chi connectivity index (χ4n) is 1.28. The monoisotopic (exact) mass is 197 g/mol. The highest BCUT2D eigenvalue weighted by Crippen LogP contribution is 2.08. The average molecular weight is 197 g/mol. The highest BCUT2D eigenvalue weighted by Gasteiger charge is 2.06. The summed E-state index contributed by atoms with van der Waals surface area (Å²) in [5.74, 6) is 0. The third-order valence-electron chi connectivity index (χ3n) is 1.99. The lowest BCUT2D eigenvalue weighted by molar-refractivity contribution is 0.0722. The van der Waals surface area contributed by atoms with E-state index in [1.165, 1.54) is 0 Å². The molecule has 1 atom stereocenters. The summed E-state index contributed by atoms with van der Waals surface area (Å²) in [6.07, 6.45) is 3.87. The summed E-state index contributed by atoms with van der Waals surface area (Å²) in [5, 5.41) is 0. The summed E-state index contributed by atoms with van der Waals surface area (Å²) >= 11 is 0. The molecule has 0 bridgehead atoms. The number of aromatic nitrogens is 2. The molecular formula is C10H19N3O. The largest absolute Gasteiger partial charge is 0.377 e. The molecule has 1 rings (SSSR count). The van der Waals surface area contributed by atoms with Gasteiger partial charge in [0.05, 0.1) is 24.7 Å². The van der Waals surface area contributed by atoms with Gasteiger partial charge in [0.15, 0.2) is 0 Å². The molecule has 0 aliphatic carbocycles. The zero-order chi connectivity index (χ0) is 10.6. The van der Waals surface area contributed by atoms with Crippen LogP contribution in [0, 0.1) is 0 Å². The minimum atomic E-state index is 0.0246. The van der Waals surface area contributed by atoms with E-state index in [0.29, 0.717) is 6.61 Å². The molecule has 0 aliphatic heterocycles. The van der Waals surface area contributed by atoms with Crippen LogP contribution in [0.5, 0.6) is 0 Å². The van der Waals surface area contributed by atoms with Crippen LogP contribution in [0.1, 0.15) is 32.5 Å². The number of nitrogens with two attached hydrogens (primary N) is 1. The first-order chi connectivity index (χ1) is 6.61. The maximum atomic E-state index is 5.79. The SMILES string of the molecule is CC(C)OCCn1cncc1C(C)N. The molecule has 0 saturated carbocycles. The van der Waals surface area contributed by atoms with Gasteiger partial charge in [0.2, 0.25) is 0 Å². The third kappa shape index (κ3) is 3.12. The number of imidazole rings is 1. The van der Waals surface area contributed by atoms with Gasteiger partial charge in [-0.25, -0.2) is 4.98 Å². The van der Waals surface area contributed by atoms with E-state index in [9.17, 15) is 0 Å². The van der Waals surface area contributed by atoms with Gasteiger partial charge in [-0.2, -0.15) is 0 Å². The summed E-state index contributed by atoms with van der Waals surface area (Å²) in [6.45, 7) is 7.53. The van der Waals surface area contributed by atoms with Crippen molar-refractivity contribution >= 4 is 0 Å². The van der Waals surface area contributed by atoms with Crippen molar-refractivity contribution in [3.63, 3.8) is 0 Å². The molecule has 14 heavy (non-hydrogen) atoms. The second-order valence-corrected chi connectivity index (χ2v) is 3.72. The van der Waals surface area contributed by atoms with Gasteiger partial charge < -0.3 is 15.0 Å². The van der Waals surface area contributed by atoms with E-state index in [-0.39, 0.29) is 12.1 Å². The molecule has 0 spiro atoms. The summed E-state index contributed by atoms with van der Waals surface area (Å²) in [6, 6.07) is 0.0246. The molecule has 0 aliphatic rings. The Hall–Kier alpha value is -0.870. The molecule has 1 heterocycles. The van der Waals surface area contributed by atoms with E-state index in [2.05, 4.69) is 4.98 Å². The van der Waals surface area contributed by atoms with Crippen LogP contribution in [0.25, 0.3) is 0 Å². The van der Waals surface area contributed by atoms with Crippen LogP contribution in [0.4, 0.5) is 0 Å². The summed E-state index contributed by atoms with van der Waals surface area (Å²) in [5.41, 5.74) is 6.84. The Morgan fingerprint density at radius 1 is 1.50 bits per heavy atom. The number of hydrogen-bond donors (Lipinski definition) is 1.